The van der Waals surface area contributed by atoms with E-state index in [0.29, 0.717) is 24.6 Å². The van der Waals surface area contributed by atoms with E-state index in [1.54, 1.807) is 17.9 Å². The molecular weight excluding hydrogens is 306 g/mol. The second kappa shape index (κ2) is 6.51. The Balaban J connectivity index is 1.68. The molecule has 1 saturated heterocycles. The van der Waals surface area contributed by atoms with E-state index >= 15 is 0 Å². The molecule has 1 aromatic heterocycles. The molecule has 2 aromatic rings. The highest BCUT2D eigenvalue weighted by Crippen LogP contribution is 2.21. The zero-order valence-corrected chi connectivity index (χ0v) is 14.2. The third kappa shape index (κ3) is 3.50. The summed E-state index contributed by atoms with van der Waals surface area (Å²) in [7, 11) is 0. The number of benzene rings is 1. The standard InChI is InChI=1S/C19H21NO4/c1-12-4-5-17(13(2)8-12)19(22)20-7-6-15(11-20)24-16-9-14(3)23-18(21)10-16/h4-5,8-10,15H,6-7,11H2,1-3H3. The van der Waals surface area contributed by atoms with Gasteiger partial charge in [0.15, 0.2) is 0 Å². The van der Waals surface area contributed by atoms with Crippen LogP contribution in [0.4, 0.5) is 0 Å². The van der Waals surface area contributed by atoms with Gasteiger partial charge in [-0.15, -0.1) is 0 Å². The quantitative estimate of drug-likeness (QED) is 0.870. The predicted molar refractivity (Wildman–Crippen MR) is 90.6 cm³/mol. The summed E-state index contributed by atoms with van der Waals surface area (Å²) in [5.41, 5.74) is 2.44. The van der Waals surface area contributed by atoms with Crippen molar-refractivity contribution < 1.29 is 13.9 Å². The van der Waals surface area contributed by atoms with Gasteiger partial charge in [0, 0.05) is 24.6 Å². The maximum Gasteiger partial charge on any atom is 0.339 e. The van der Waals surface area contributed by atoms with Crippen molar-refractivity contribution in [1.29, 1.82) is 0 Å². The molecule has 1 amide bonds. The third-order valence-electron chi connectivity index (χ3n) is 4.21. The Bertz CT molecular complexity index is 824. The largest absolute Gasteiger partial charge is 0.488 e. The number of carbonyl (C=O) groups excluding carboxylic acids is 1. The molecule has 1 aliphatic heterocycles. The minimum atomic E-state index is -0.425. The van der Waals surface area contributed by atoms with Crippen molar-refractivity contribution in [3.63, 3.8) is 0 Å². The SMILES string of the molecule is Cc1ccc(C(=O)N2CCC(Oc3cc(C)oc(=O)c3)C2)c(C)c1. The van der Waals surface area contributed by atoms with Gasteiger partial charge in [0.05, 0.1) is 12.6 Å². The molecule has 2 heterocycles. The number of rotatable bonds is 3. The lowest BCUT2D eigenvalue weighted by atomic mass is 10.0. The van der Waals surface area contributed by atoms with Gasteiger partial charge < -0.3 is 14.1 Å². The van der Waals surface area contributed by atoms with Gasteiger partial charge in [-0.2, -0.15) is 0 Å². The molecule has 5 heteroatoms. The van der Waals surface area contributed by atoms with E-state index < -0.39 is 5.63 Å². The molecule has 1 aliphatic rings. The Morgan fingerprint density at radius 2 is 2.00 bits per heavy atom. The van der Waals surface area contributed by atoms with Gasteiger partial charge in [-0.3, -0.25) is 4.79 Å². The van der Waals surface area contributed by atoms with E-state index in [-0.39, 0.29) is 12.0 Å². The van der Waals surface area contributed by atoms with Crippen molar-refractivity contribution in [2.24, 2.45) is 0 Å². The fraction of sp³-hybridized carbons (Fsp3) is 0.368. The minimum Gasteiger partial charge on any atom is -0.488 e. The summed E-state index contributed by atoms with van der Waals surface area (Å²) < 4.78 is 10.8. The number of nitrogens with zero attached hydrogens (tertiary/aromatic N) is 1. The lowest BCUT2D eigenvalue weighted by Crippen LogP contribution is -2.31. The van der Waals surface area contributed by atoms with Crippen LogP contribution in [0.25, 0.3) is 0 Å². The highest BCUT2D eigenvalue weighted by molar-refractivity contribution is 5.95. The van der Waals surface area contributed by atoms with Crippen LogP contribution >= 0.6 is 0 Å². The van der Waals surface area contributed by atoms with Crippen LogP contribution in [0, 0.1) is 20.8 Å². The van der Waals surface area contributed by atoms with Gasteiger partial charge in [0.2, 0.25) is 0 Å². The summed E-state index contributed by atoms with van der Waals surface area (Å²) >= 11 is 0. The fourth-order valence-corrected chi connectivity index (χ4v) is 3.07. The third-order valence-corrected chi connectivity index (χ3v) is 4.21. The van der Waals surface area contributed by atoms with Crippen molar-refractivity contribution in [2.45, 2.75) is 33.3 Å². The second-order valence-electron chi connectivity index (χ2n) is 6.32. The van der Waals surface area contributed by atoms with E-state index in [0.717, 1.165) is 23.1 Å². The Kier molecular flexibility index (Phi) is 4.42. The van der Waals surface area contributed by atoms with Crippen molar-refractivity contribution >= 4 is 5.91 Å². The first-order valence-corrected chi connectivity index (χ1v) is 8.07. The number of likely N-dealkylation sites (tertiary alicyclic amines) is 1. The molecule has 0 N–H and O–H groups in total. The van der Waals surface area contributed by atoms with Crippen molar-refractivity contribution in [3.8, 4) is 5.75 Å². The van der Waals surface area contributed by atoms with Gasteiger partial charge in [-0.1, -0.05) is 17.7 Å². The summed E-state index contributed by atoms with van der Waals surface area (Å²) in [6.45, 7) is 6.84. The summed E-state index contributed by atoms with van der Waals surface area (Å²) in [5.74, 6) is 1.04. The molecule has 1 atom stereocenters. The molecule has 0 spiro atoms. The second-order valence-corrected chi connectivity index (χ2v) is 6.32. The number of hydrogen-bond acceptors (Lipinski definition) is 4. The van der Waals surface area contributed by atoms with Gasteiger partial charge in [0.25, 0.3) is 5.91 Å². The monoisotopic (exact) mass is 327 g/mol. The van der Waals surface area contributed by atoms with Crippen LogP contribution in [0.2, 0.25) is 0 Å². The Hall–Kier alpha value is -2.56. The number of amides is 1. The maximum atomic E-state index is 12.7. The van der Waals surface area contributed by atoms with E-state index in [1.807, 2.05) is 32.0 Å². The lowest BCUT2D eigenvalue weighted by molar-refractivity contribution is 0.0771. The zero-order chi connectivity index (χ0) is 17.3. The molecule has 24 heavy (non-hydrogen) atoms. The van der Waals surface area contributed by atoms with E-state index in [4.69, 9.17) is 9.15 Å². The van der Waals surface area contributed by atoms with Crippen LogP contribution in [0.15, 0.2) is 39.5 Å². The summed E-state index contributed by atoms with van der Waals surface area (Å²) in [4.78, 5) is 25.9. The van der Waals surface area contributed by atoms with Crippen LogP contribution in [0.3, 0.4) is 0 Å². The minimum absolute atomic E-state index is 0.0300. The van der Waals surface area contributed by atoms with Gasteiger partial charge in [0.1, 0.15) is 17.6 Å². The average Bonchev–Trinajstić information content (AvgIpc) is 2.94. The molecule has 0 radical (unpaired) electrons. The molecule has 1 aromatic carbocycles. The first-order valence-electron chi connectivity index (χ1n) is 8.07. The normalized spacial score (nSPS) is 17.1. The molecule has 0 aliphatic carbocycles. The Morgan fingerprint density at radius 3 is 2.71 bits per heavy atom. The molecular formula is C19H21NO4. The van der Waals surface area contributed by atoms with E-state index in [1.165, 1.54) is 6.07 Å². The van der Waals surface area contributed by atoms with Crippen molar-refractivity contribution in [3.05, 3.63) is 63.2 Å². The molecule has 5 nitrogen and oxygen atoms in total. The fourth-order valence-electron chi connectivity index (χ4n) is 3.07. The predicted octanol–water partition coefficient (Wildman–Crippen LogP) is 2.86. The first kappa shape index (κ1) is 16.3. The van der Waals surface area contributed by atoms with Crippen LogP contribution < -0.4 is 10.4 Å². The maximum absolute atomic E-state index is 12.7. The first-order chi connectivity index (χ1) is 11.4. The topological polar surface area (TPSA) is 59.8 Å². The number of aryl methyl sites for hydroxylation is 3. The molecule has 126 valence electrons. The smallest absolute Gasteiger partial charge is 0.339 e. The summed E-state index contributed by atoms with van der Waals surface area (Å²) in [6.07, 6.45) is 0.636. The highest BCUT2D eigenvalue weighted by Gasteiger charge is 2.29. The van der Waals surface area contributed by atoms with Crippen LogP contribution in [0.5, 0.6) is 5.75 Å². The van der Waals surface area contributed by atoms with Crippen LogP contribution in [-0.2, 0) is 0 Å². The molecule has 1 fully saturated rings. The number of ether oxygens (including phenoxy) is 1. The molecule has 1 unspecified atom stereocenters. The zero-order valence-electron chi connectivity index (χ0n) is 14.2. The molecule has 3 rings (SSSR count). The Morgan fingerprint density at radius 1 is 1.21 bits per heavy atom. The number of hydrogen-bond donors (Lipinski definition) is 0. The lowest BCUT2D eigenvalue weighted by Gasteiger charge is -2.18. The Labute approximate surface area is 140 Å². The van der Waals surface area contributed by atoms with Gasteiger partial charge in [-0.05, 0) is 32.4 Å². The highest BCUT2D eigenvalue weighted by atomic mass is 16.5. The molecule has 0 bridgehead atoms. The van der Waals surface area contributed by atoms with Crippen LogP contribution in [-0.4, -0.2) is 30.0 Å². The van der Waals surface area contributed by atoms with Crippen molar-refractivity contribution in [2.75, 3.05) is 13.1 Å². The van der Waals surface area contributed by atoms with Crippen LogP contribution in [0.1, 0.15) is 33.7 Å². The van der Waals surface area contributed by atoms with Gasteiger partial charge in [-0.25, -0.2) is 4.79 Å². The number of carbonyl (C=O) groups is 1. The summed E-state index contributed by atoms with van der Waals surface area (Å²) in [5, 5.41) is 0. The van der Waals surface area contributed by atoms with E-state index in [9.17, 15) is 9.59 Å². The van der Waals surface area contributed by atoms with Crippen molar-refractivity contribution in [1.82, 2.24) is 4.90 Å². The average molecular weight is 327 g/mol. The molecule has 0 saturated carbocycles. The van der Waals surface area contributed by atoms with Gasteiger partial charge >= 0.3 is 5.63 Å². The summed E-state index contributed by atoms with van der Waals surface area (Å²) in [6, 6.07) is 8.88. The van der Waals surface area contributed by atoms with E-state index in [2.05, 4.69) is 0 Å².